The van der Waals surface area contributed by atoms with E-state index in [0.29, 0.717) is 17.8 Å². The fourth-order valence-corrected chi connectivity index (χ4v) is 2.49. The van der Waals surface area contributed by atoms with Gasteiger partial charge in [0.1, 0.15) is 0 Å². The second-order valence-electron chi connectivity index (χ2n) is 4.54. The molecule has 0 aliphatic heterocycles. The standard InChI is InChI=1S/C14H17N3OS/c1-9-12(5-4-6-13(9)15)14(18)17(3)7-11-8-19-10(2)16-11/h4-6,8H,7,15H2,1-3H3. The molecule has 0 saturated carbocycles. The molecule has 1 heterocycles. The fraction of sp³-hybridized carbons (Fsp3) is 0.286. The summed E-state index contributed by atoms with van der Waals surface area (Å²) >= 11 is 1.59. The van der Waals surface area contributed by atoms with Crippen molar-refractivity contribution < 1.29 is 4.79 Å². The summed E-state index contributed by atoms with van der Waals surface area (Å²) in [5, 5.41) is 2.99. The number of hydrogen-bond acceptors (Lipinski definition) is 4. The Balaban J connectivity index is 2.17. The molecular weight excluding hydrogens is 258 g/mol. The van der Waals surface area contributed by atoms with Gasteiger partial charge in [0.05, 0.1) is 17.2 Å². The minimum absolute atomic E-state index is 0.0320. The van der Waals surface area contributed by atoms with Crippen molar-refractivity contribution in [2.75, 3.05) is 12.8 Å². The number of anilines is 1. The first-order chi connectivity index (χ1) is 8.99. The molecule has 0 atom stereocenters. The van der Waals surface area contributed by atoms with Gasteiger partial charge in [-0.05, 0) is 31.5 Å². The number of nitrogen functional groups attached to an aromatic ring is 1. The van der Waals surface area contributed by atoms with Gasteiger partial charge >= 0.3 is 0 Å². The molecule has 0 radical (unpaired) electrons. The molecule has 1 aromatic heterocycles. The van der Waals surface area contributed by atoms with Gasteiger partial charge in [-0.15, -0.1) is 11.3 Å². The van der Waals surface area contributed by atoms with Crippen LogP contribution < -0.4 is 5.73 Å². The summed E-state index contributed by atoms with van der Waals surface area (Å²) in [5.41, 5.74) is 8.87. The van der Waals surface area contributed by atoms with Crippen molar-refractivity contribution >= 4 is 22.9 Å². The lowest BCUT2D eigenvalue weighted by atomic mass is 10.1. The van der Waals surface area contributed by atoms with E-state index < -0.39 is 0 Å². The Morgan fingerprint density at radius 2 is 2.16 bits per heavy atom. The molecule has 2 rings (SSSR count). The SMILES string of the molecule is Cc1nc(CN(C)C(=O)c2cccc(N)c2C)cs1. The third-order valence-electron chi connectivity index (χ3n) is 3.02. The normalized spacial score (nSPS) is 10.5. The number of aryl methyl sites for hydroxylation is 1. The molecule has 1 amide bonds. The predicted octanol–water partition coefficient (Wildman–Crippen LogP) is 2.61. The number of hydrogen-bond donors (Lipinski definition) is 1. The van der Waals surface area contributed by atoms with Gasteiger partial charge in [0, 0.05) is 23.7 Å². The van der Waals surface area contributed by atoms with Crippen LogP contribution in [0.2, 0.25) is 0 Å². The summed E-state index contributed by atoms with van der Waals surface area (Å²) < 4.78 is 0. The Bertz CT molecular complexity index is 606. The van der Waals surface area contributed by atoms with Crippen LogP contribution in [0.15, 0.2) is 23.6 Å². The van der Waals surface area contributed by atoms with E-state index >= 15 is 0 Å². The summed E-state index contributed by atoms with van der Waals surface area (Å²) in [7, 11) is 1.78. The van der Waals surface area contributed by atoms with Gasteiger partial charge in [-0.3, -0.25) is 4.79 Å². The number of carbonyl (C=O) groups is 1. The Hall–Kier alpha value is -1.88. The summed E-state index contributed by atoms with van der Waals surface area (Å²) in [6.45, 7) is 4.33. The highest BCUT2D eigenvalue weighted by Crippen LogP contribution is 2.18. The Labute approximate surface area is 116 Å². The van der Waals surface area contributed by atoms with Crippen LogP contribution in [-0.2, 0) is 6.54 Å². The first-order valence-electron chi connectivity index (χ1n) is 6.00. The van der Waals surface area contributed by atoms with Crippen LogP contribution in [0.4, 0.5) is 5.69 Å². The number of aromatic nitrogens is 1. The van der Waals surface area contributed by atoms with E-state index in [2.05, 4.69) is 4.98 Å². The van der Waals surface area contributed by atoms with E-state index in [9.17, 15) is 4.79 Å². The largest absolute Gasteiger partial charge is 0.398 e. The van der Waals surface area contributed by atoms with E-state index in [1.54, 1.807) is 41.5 Å². The van der Waals surface area contributed by atoms with Crippen LogP contribution in [0.3, 0.4) is 0 Å². The number of amides is 1. The second kappa shape index (κ2) is 5.40. The van der Waals surface area contributed by atoms with Crippen molar-refractivity contribution in [2.24, 2.45) is 0 Å². The maximum Gasteiger partial charge on any atom is 0.254 e. The molecule has 0 saturated heterocycles. The average molecular weight is 275 g/mol. The quantitative estimate of drug-likeness (QED) is 0.876. The van der Waals surface area contributed by atoms with Crippen molar-refractivity contribution in [3.63, 3.8) is 0 Å². The van der Waals surface area contributed by atoms with Gasteiger partial charge < -0.3 is 10.6 Å². The van der Waals surface area contributed by atoms with Crippen LogP contribution in [0, 0.1) is 13.8 Å². The molecule has 0 bridgehead atoms. The lowest BCUT2D eigenvalue weighted by molar-refractivity contribution is 0.0783. The van der Waals surface area contributed by atoms with E-state index in [1.165, 1.54) is 0 Å². The first kappa shape index (κ1) is 13.5. The van der Waals surface area contributed by atoms with Gasteiger partial charge in [0.2, 0.25) is 0 Å². The van der Waals surface area contributed by atoms with Crippen molar-refractivity contribution in [1.29, 1.82) is 0 Å². The highest BCUT2D eigenvalue weighted by atomic mass is 32.1. The van der Waals surface area contributed by atoms with Gasteiger partial charge in [0.15, 0.2) is 0 Å². The van der Waals surface area contributed by atoms with Crippen LogP contribution in [0.1, 0.15) is 26.6 Å². The Morgan fingerprint density at radius 3 is 2.79 bits per heavy atom. The zero-order chi connectivity index (χ0) is 14.0. The van der Waals surface area contributed by atoms with Crippen molar-refractivity contribution in [3.8, 4) is 0 Å². The molecule has 0 spiro atoms. The maximum absolute atomic E-state index is 12.4. The minimum Gasteiger partial charge on any atom is -0.398 e. The zero-order valence-corrected chi connectivity index (χ0v) is 12.1. The minimum atomic E-state index is -0.0320. The maximum atomic E-state index is 12.4. The second-order valence-corrected chi connectivity index (χ2v) is 5.60. The molecule has 0 aliphatic carbocycles. The molecule has 2 N–H and O–H groups in total. The zero-order valence-electron chi connectivity index (χ0n) is 11.3. The van der Waals surface area contributed by atoms with E-state index in [0.717, 1.165) is 16.3 Å². The Kier molecular flexibility index (Phi) is 3.85. The third kappa shape index (κ3) is 2.93. The summed E-state index contributed by atoms with van der Waals surface area (Å²) in [6, 6.07) is 5.41. The molecule has 0 aliphatic rings. The average Bonchev–Trinajstić information content (AvgIpc) is 2.77. The lowest BCUT2D eigenvalue weighted by Crippen LogP contribution is -2.27. The molecule has 1 aromatic carbocycles. The molecule has 0 unspecified atom stereocenters. The lowest BCUT2D eigenvalue weighted by Gasteiger charge is -2.17. The van der Waals surface area contributed by atoms with Crippen molar-refractivity contribution in [1.82, 2.24) is 9.88 Å². The number of nitrogens with two attached hydrogens (primary N) is 1. The van der Waals surface area contributed by atoms with Crippen molar-refractivity contribution in [2.45, 2.75) is 20.4 Å². The molecule has 19 heavy (non-hydrogen) atoms. The van der Waals surface area contributed by atoms with Gasteiger partial charge in [-0.25, -0.2) is 4.98 Å². The highest BCUT2D eigenvalue weighted by molar-refractivity contribution is 7.09. The number of thiazole rings is 1. The molecule has 5 heteroatoms. The Morgan fingerprint density at radius 1 is 1.42 bits per heavy atom. The summed E-state index contributed by atoms with van der Waals surface area (Å²) in [5.74, 6) is -0.0320. The number of carbonyl (C=O) groups excluding carboxylic acids is 1. The van der Waals surface area contributed by atoms with Gasteiger partial charge in [0.25, 0.3) is 5.91 Å². The summed E-state index contributed by atoms with van der Waals surface area (Å²) in [4.78, 5) is 18.4. The van der Waals surface area contributed by atoms with E-state index in [4.69, 9.17) is 5.73 Å². The van der Waals surface area contributed by atoms with Crippen LogP contribution in [0.5, 0.6) is 0 Å². The number of nitrogens with zero attached hydrogens (tertiary/aromatic N) is 2. The fourth-order valence-electron chi connectivity index (χ4n) is 1.89. The van der Waals surface area contributed by atoms with E-state index in [1.807, 2.05) is 19.2 Å². The van der Waals surface area contributed by atoms with Crippen LogP contribution in [-0.4, -0.2) is 22.8 Å². The predicted molar refractivity (Wildman–Crippen MR) is 78.2 cm³/mol. The molecule has 0 fully saturated rings. The number of benzene rings is 1. The van der Waals surface area contributed by atoms with Crippen LogP contribution >= 0.6 is 11.3 Å². The van der Waals surface area contributed by atoms with Crippen LogP contribution in [0.25, 0.3) is 0 Å². The van der Waals surface area contributed by atoms with Gasteiger partial charge in [-0.1, -0.05) is 6.07 Å². The highest BCUT2D eigenvalue weighted by Gasteiger charge is 2.16. The smallest absolute Gasteiger partial charge is 0.254 e. The van der Waals surface area contributed by atoms with Gasteiger partial charge in [-0.2, -0.15) is 0 Å². The monoisotopic (exact) mass is 275 g/mol. The molecule has 4 nitrogen and oxygen atoms in total. The topological polar surface area (TPSA) is 59.2 Å². The third-order valence-corrected chi connectivity index (χ3v) is 3.84. The van der Waals surface area contributed by atoms with Crippen molar-refractivity contribution in [3.05, 3.63) is 45.4 Å². The summed E-state index contributed by atoms with van der Waals surface area (Å²) in [6.07, 6.45) is 0. The first-order valence-corrected chi connectivity index (χ1v) is 6.88. The molecule has 100 valence electrons. The molecular formula is C14H17N3OS. The van der Waals surface area contributed by atoms with E-state index in [-0.39, 0.29) is 5.91 Å². The number of rotatable bonds is 3. The molecule has 2 aromatic rings.